The molecule has 7 nitrogen and oxygen atoms in total. The molecule has 2 aromatic rings. The Labute approximate surface area is 97.7 Å². The van der Waals surface area contributed by atoms with Gasteiger partial charge in [0.2, 0.25) is 11.9 Å². The van der Waals surface area contributed by atoms with Crippen molar-refractivity contribution < 1.29 is 4.79 Å². The maximum atomic E-state index is 11.8. The lowest BCUT2D eigenvalue weighted by Gasteiger charge is -2.08. The van der Waals surface area contributed by atoms with E-state index in [9.17, 15) is 4.79 Å². The summed E-state index contributed by atoms with van der Waals surface area (Å²) in [6, 6.07) is 0.879. The SMILES string of the molecule is Cn1cc(C(N)C(=O)Nc2ncccn2)cn1. The summed E-state index contributed by atoms with van der Waals surface area (Å²) in [4.78, 5) is 19.5. The van der Waals surface area contributed by atoms with Gasteiger partial charge >= 0.3 is 0 Å². The molecular formula is C10H12N6O. The van der Waals surface area contributed by atoms with Crippen molar-refractivity contribution in [1.82, 2.24) is 19.7 Å². The molecule has 0 aromatic carbocycles. The van der Waals surface area contributed by atoms with E-state index in [0.717, 1.165) is 0 Å². The quantitative estimate of drug-likeness (QED) is 0.766. The fourth-order valence-corrected chi connectivity index (χ4v) is 1.30. The molecule has 7 heteroatoms. The predicted octanol–water partition coefficient (Wildman–Crippen LogP) is -0.151. The highest BCUT2D eigenvalue weighted by Crippen LogP contribution is 2.10. The molecule has 2 rings (SSSR count). The Morgan fingerprint density at radius 1 is 1.47 bits per heavy atom. The van der Waals surface area contributed by atoms with Crippen LogP contribution in [-0.2, 0) is 11.8 Å². The van der Waals surface area contributed by atoms with Crippen molar-refractivity contribution in [2.24, 2.45) is 12.8 Å². The number of carbonyl (C=O) groups is 1. The molecule has 0 radical (unpaired) electrons. The van der Waals surface area contributed by atoms with Crippen LogP contribution >= 0.6 is 0 Å². The lowest BCUT2D eigenvalue weighted by Crippen LogP contribution is -2.28. The molecular weight excluding hydrogens is 220 g/mol. The second-order valence-corrected chi connectivity index (χ2v) is 3.49. The highest BCUT2D eigenvalue weighted by molar-refractivity contribution is 5.93. The van der Waals surface area contributed by atoms with Crippen LogP contribution in [0.4, 0.5) is 5.95 Å². The van der Waals surface area contributed by atoms with Crippen molar-refractivity contribution in [1.29, 1.82) is 0 Å². The maximum absolute atomic E-state index is 11.8. The zero-order chi connectivity index (χ0) is 12.3. The zero-order valence-corrected chi connectivity index (χ0v) is 9.24. The number of hydrogen-bond donors (Lipinski definition) is 2. The zero-order valence-electron chi connectivity index (χ0n) is 9.24. The second-order valence-electron chi connectivity index (χ2n) is 3.49. The fraction of sp³-hybridized carbons (Fsp3) is 0.200. The van der Waals surface area contributed by atoms with Gasteiger partial charge in [-0.05, 0) is 6.07 Å². The van der Waals surface area contributed by atoms with Crippen LogP contribution < -0.4 is 11.1 Å². The van der Waals surface area contributed by atoms with E-state index in [-0.39, 0.29) is 11.9 Å². The first kappa shape index (κ1) is 11.2. The monoisotopic (exact) mass is 232 g/mol. The van der Waals surface area contributed by atoms with E-state index in [1.807, 2.05) is 0 Å². The van der Waals surface area contributed by atoms with Crippen LogP contribution in [0, 0.1) is 0 Å². The smallest absolute Gasteiger partial charge is 0.248 e. The molecule has 0 bridgehead atoms. The van der Waals surface area contributed by atoms with Crippen LogP contribution in [0.1, 0.15) is 11.6 Å². The van der Waals surface area contributed by atoms with Crippen LogP contribution in [-0.4, -0.2) is 25.7 Å². The Balaban J connectivity index is 2.06. The fourth-order valence-electron chi connectivity index (χ4n) is 1.30. The summed E-state index contributed by atoms with van der Waals surface area (Å²) >= 11 is 0. The average molecular weight is 232 g/mol. The molecule has 1 unspecified atom stereocenters. The van der Waals surface area contributed by atoms with Crippen LogP contribution in [0.2, 0.25) is 0 Å². The van der Waals surface area contributed by atoms with Crippen LogP contribution in [0.5, 0.6) is 0 Å². The summed E-state index contributed by atoms with van der Waals surface area (Å²) in [5.74, 6) is -0.138. The molecule has 1 amide bonds. The first-order valence-electron chi connectivity index (χ1n) is 4.99. The largest absolute Gasteiger partial charge is 0.316 e. The summed E-state index contributed by atoms with van der Waals surface area (Å²) < 4.78 is 1.58. The lowest BCUT2D eigenvalue weighted by molar-refractivity contribution is -0.117. The van der Waals surface area contributed by atoms with Crippen LogP contribution in [0.25, 0.3) is 0 Å². The van der Waals surface area contributed by atoms with Gasteiger partial charge in [0.1, 0.15) is 6.04 Å². The highest BCUT2D eigenvalue weighted by Gasteiger charge is 2.17. The molecule has 0 aliphatic rings. The van der Waals surface area contributed by atoms with E-state index in [4.69, 9.17) is 5.73 Å². The number of nitrogens with zero attached hydrogens (tertiary/aromatic N) is 4. The number of anilines is 1. The minimum absolute atomic E-state index is 0.233. The van der Waals surface area contributed by atoms with Gasteiger partial charge in [-0.15, -0.1) is 0 Å². The molecule has 2 aromatic heterocycles. The van der Waals surface area contributed by atoms with Crippen molar-refractivity contribution in [2.75, 3.05) is 5.32 Å². The van der Waals surface area contributed by atoms with E-state index < -0.39 is 6.04 Å². The number of amides is 1. The first-order valence-corrected chi connectivity index (χ1v) is 4.99. The number of aryl methyl sites for hydroxylation is 1. The van der Waals surface area contributed by atoms with E-state index >= 15 is 0 Å². The molecule has 0 saturated carbocycles. The van der Waals surface area contributed by atoms with Gasteiger partial charge in [0.15, 0.2) is 0 Å². The molecule has 0 saturated heterocycles. The third-order valence-electron chi connectivity index (χ3n) is 2.17. The molecule has 2 heterocycles. The number of aromatic nitrogens is 4. The van der Waals surface area contributed by atoms with Crippen molar-refractivity contribution >= 4 is 11.9 Å². The normalized spacial score (nSPS) is 12.1. The van der Waals surface area contributed by atoms with Gasteiger partial charge in [-0.3, -0.25) is 14.8 Å². The van der Waals surface area contributed by atoms with Crippen molar-refractivity contribution in [3.05, 3.63) is 36.4 Å². The summed E-state index contributed by atoms with van der Waals surface area (Å²) in [7, 11) is 1.76. The summed E-state index contributed by atoms with van der Waals surface area (Å²) in [6.45, 7) is 0. The van der Waals surface area contributed by atoms with Gasteiger partial charge in [-0.25, -0.2) is 9.97 Å². The number of nitrogens with one attached hydrogen (secondary N) is 1. The average Bonchev–Trinajstić information content (AvgIpc) is 2.76. The van der Waals surface area contributed by atoms with Crippen molar-refractivity contribution in [2.45, 2.75) is 6.04 Å². The van der Waals surface area contributed by atoms with E-state index in [1.54, 1.807) is 30.2 Å². The van der Waals surface area contributed by atoms with E-state index in [1.165, 1.54) is 12.4 Å². The minimum Gasteiger partial charge on any atom is -0.316 e. The highest BCUT2D eigenvalue weighted by atomic mass is 16.2. The van der Waals surface area contributed by atoms with Gasteiger partial charge in [0, 0.05) is 31.2 Å². The van der Waals surface area contributed by atoms with Crippen molar-refractivity contribution in [3.8, 4) is 0 Å². The molecule has 17 heavy (non-hydrogen) atoms. The molecule has 0 aliphatic heterocycles. The molecule has 88 valence electrons. The van der Waals surface area contributed by atoms with Gasteiger partial charge < -0.3 is 5.73 Å². The standard InChI is InChI=1S/C10H12N6O/c1-16-6-7(5-14-16)8(11)9(17)15-10-12-3-2-4-13-10/h2-6,8H,11H2,1H3,(H,12,13,15,17). The molecule has 3 N–H and O–H groups in total. The topological polar surface area (TPSA) is 98.7 Å². The first-order chi connectivity index (χ1) is 8.16. The molecule has 1 atom stereocenters. The Bertz CT molecular complexity index is 509. The van der Waals surface area contributed by atoms with Gasteiger partial charge in [-0.1, -0.05) is 0 Å². The van der Waals surface area contributed by atoms with E-state index in [2.05, 4.69) is 20.4 Å². The maximum Gasteiger partial charge on any atom is 0.248 e. The number of rotatable bonds is 3. The van der Waals surface area contributed by atoms with Gasteiger partial charge in [0.25, 0.3) is 0 Å². The Hall–Kier alpha value is -2.28. The summed E-state index contributed by atoms with van der Waals surface area (Å²) in [5.41, 5.74) is 6.42. The molecule has 0 spiro atoms. The summed E-state index contributed by atoms with van der Waals surface area (Å²) in [6.07, 6.45) is 6.32. The second kappa shape index (κ2) is 4.71. The van der Waals surface area contributed by atoms with Crippen LogP contribution in [0.15, 0.2) is 30.9 Å². The molecule has 0 aliphatic carbocycles. The number of carbonyl (C=O) groups excluding carboxylic acids is 1. The molecule has 0 fully saturated rings. The van der Waals surface area contributed by atoms with Gasteiger partial charge in [0.05, 0.1) is 6.20 Å². The van der Waals surface area contributed by atoms with Crippen LogP contribution in [0.3, 0.4) is 0 Å². The minimum atomic E-state index is -0.785. The summed E-state index contributed by atoms with van der Waals surface area (Å²) in [5, 5.41) is 6.48. The van der Waals surface area contributed by atoms with E-state index in [0.29, 0.717) is 5.56 Å². The van der Waals surface area contributed by atoms with Gasteiger partial charge in [-0.2, -0.15) is 5.10 Å². The Kier molecular flexibility index (Phi) is 3.10. The third-order valence-corrected chi connectivity index (χ3v) is 2.17. The lowest BCUT2D eigenvalue weighted by atomic mass is 10.1. The Morgan fingerprint density at radius 2 is 2.18 bits per heavy atom. The number of hydrogen-bond acceptors (Lipinski definition) is 5. The third kappa shape index (κ3) is 2.64. The van der Waals surface area contributed by atoms with Crippen molar-refractivity contribution in [3.63, 3.8) is 0 Å². The Morgan fingerprint density at radius 3 is 2.76 bits per heavy atom. The number of nitrogens with two attached hydrogens (primary N) is 1. The predicted molar refractivity (Wildman–Crippen MR) is 60.8 cm³/mol.